The van der Waals surface area contributed by atoms with Gasteiger partial charge in [0, 0.05) is 31.8 Å². The first kappa shape index (κ1) is 9.33. The molecule has 1 heterocycles. The highest BCUT2D eigenvalue weighted by Crippen LogP contribution is 1.73. The molecule has 1 rings (SSSR count). The molecule has 0 saturated heterocycles. The molecular weight excluding hydrogens is 168 g/mol. The fourth-order valence-corrected chi connectivity index (χ4v) is 0.819. The molecule has 4 nitrogen and oxygen atoms in total. The fourth-order valence-electron chi connectivity index (χ4n) is 0.819. The van der Waals surface area contributed by atoms with Gasteiger partial charge in [-0.25, -0.2) is 9.36 Å². The Bertz CT molecular complexity index is 471. The maximum absolute atomic E-state index is 11.3. The van der Waals surface area contributed by atoms with E-state index in [2.05, 4.69) is 12.0 Å². The monoisotopic (exact) mass is 178 g/mol. The fraction of sp³-hybridized carbons (Fsp3) is 0.333. The SMILES string of the molecule is CCC#Cn1ccc(=O)n(C)c1=O. The van der Waals surface area contributed by atoms with Gasteiger partial charge in [0.1, 0.15) is 0 Å². The summed E-state index contributed by atoms with van der Waals surface area (Å²) in [6.07, 6.45) is 2.06. The molecule has 0 aromatic carbocycles. The molecule has 0 aliphatic carbocycles. The molecule has 4 heteroatoms. The van der Waals surface area contributed by atoms with Crippen molar-refractivity contribution in [1.82, 2.24) is 9.13 Å². The Morgan fingerprint density at radius 1 is 1.46 bits per heavy atom. The van der Waals surface area contributed by atoms with Gasteiger partial charge in [-0.3, -0.25) is 9.36 Å². The Labute approximate surface area is 75.4 Å². The lowest BCUT2D eigenvalue weighted by Gasteiger charge is -1.97. The van der Waals surface area contributed by atoms with Crippen LogP contribution in [0.3, 0.4) is 0 Å². The Kier molecular flexibility index (Phi) is 2.70. The van der Waals surface area contributed by atoms with E-state index >= 15 is 0 Å². The lowest BCUT2D eigenvalue weighted by atomic mass is 10.5. The normalized spacial score (nSPS) is 9.08. The topological polar surface area (TPSA) is 44.0 Å². The van der Waals surface area contributed by atoms with Gasteiger partial charge in [-0.05, 0) is 0 Å². The maximum Gasteiger partial charge on any atom is 0.342 e. The minimum Gasteiger partial charge on any atom is -0.269 e. The van der Waals surface area contributed by atoms with Crippen LogP contribution < -0.4 is 11.2 Å². The van der Waals surface area contributed by atoms with Gasteiger partial charge >= 0.3 is 5.69 Å². The first-order valence-corrected chi connectivity index (χ1v) is 3.94. The molecule has 0 bridgehead atoms. The number of aromatic nitrogens is 2. The molecule has 0 radical (unpaired) electrons. The Morgan fingerprint density at radius 3 is 2.77 bits per heavy atom. The second kappa shape index (κ2) is 3.76. The highest BCUT2D eigenvalue weighted by atomic mass is 16.2. The molecule has 0 spiro atoms. The molecule has 0 unspecified atom stereocenters. The number of hydrogen-bond donors (Lipinski definition) is 0. The highest BCUT2D eigenvalue weighted by molar-refractivity contribution is 5.03. The van der Waals surface area contributed by atoms with E-state index in [1.54, 1.807) is 0 Å². The van der Waals surface area contributed by atoms with E-state index in [1.807, 2.05) is 6.92 Å². The van der Waals surface area contributed by atoms with Crippen molar-refractivity contribution in [1.29, 1.82) is 0 Å². The molecule has 68 valence electrons. The van der Waals surface area contributed by atoms with Crippen molar-refractivity contribution in [3.05, 3.63) is 33.1 Å². The Morgan fingerprint density at radius 2 is 2.15 bits per heavy atom. The van der Waals surface area contributed by atoms with Crippen LogP contribution in [-0.4, -0.2) is 9.13 Å². The van der Waals surface area contributed by atoms with Crippen LogP contribution in [0.2, 0.25) is 0 Å². The van der Waals surface area contributed by atoms with Crippen LogP contribution in [-0.2, 0) is 7.05 Å². The van der Waals surface area contributed by atoms with Crippen molar-refractivity contribution in [2.24, 2.45) is 7.05 Å². The van der Waals surface area contributed by atoms with Crippen LogP contribution in [0, 0.1) is 12.0 Å². The van der Waals surface area contributed by atoms with Crippen LogP contribution in [0.1, 0.15) is 13.3 Å². The molecule has 1 aromatic heterocycles. The van der Waals surface area contributed by atoms with Crippen LogP contribution in [0.5, 0.6) is 0 Å². The van der Waals surface area contributed by atoms with Gasteiger partial charge in [-0.2, -0.15) is 0 Å². The standard InChI is InChI=1S/C9H10N2O2/c1-3-4-6-11-7-5-8(12)10(2)9(11)13/h5,7H,3H2,1-2H3. The summed E-state index contributed by atoms with van der Waals surface area (Å²) in [5, 5.41) is 0. The van der Waals surface area contributed by atoms with Crippen molar-refractivity contribution in [2.75, 3.05) is 0 Å². The van der Waals surface area contributed by atoms with Gasteiger partial charge in [0.2, 0.25) is 0 Å². The summed E-state index contributed by atoms with van der Waals surface area (Å²) in [4.78, 5) is 22.3. The largest absolute Gasteiger partial charge is 0.342 e. The van der Waals surface area contributed by atoms with Crippen molar-refractivity contribution >= 4 is 0 Å². The van der Waals surface area contributed by atoms with Gasteiger partial charge in [0.15, 0.2) is 0 Å². The molecule has 0 fully saturated rings. The molecule has 1 aromatic rings. The number of rotatable bonds is 0. The second-order valence-electron chi connectivity index (χ2n) is 2.51. The Balaban J connectivity index is 3.35. The van der Waals surface area contributed by atoms with Crippen molar-refractivity contribution in [3.8, 4) is 12.0 Å². The lowest BCUT2D eigenvalue weighted by molar-refractivity contribution is 0.737. The van der Waals surface area contributed by atoms with Gasteiger partial charge in [0.25, 0.3) is 5.56 Å². The summed E-state index contributed by atoms with van der Waals surface area (Å²) >= 11 is 0. The summed E-state index contributed by atoms with van der Waals surface area (Å²) in [6.45, 7) is 1.89. The molecule has 0 aliphatic rings. The van der Waals surface area contributed by atoms with E-state index in [0.29, 0.717) is 6.42 Å². The van der Waals surface area contributed by atoms with E-state index in [9.17, 15) is 9.59 Å². The van der Waals surface area contributed by atoms with Crippen LogP contribution >= 0.6 is 0 Å². The van der Waals surface area contributed by atoms with E-state index < -0.39 is 5.69 Å². The Hall–Kier alpha value is -1.76. The van der Waals surface area contributed by atoms with Gasteiger partial charge in [-0.15, -0.1) is 0 Å². The zero-order valence-corrected chi connectivity index (χ0v) is 7.57. The second-order valence-corrected chi connectivity index (χ2v) is 2.51. The molecular formula is C9H10N2O2. The molecule has 0 amide bonds. The predicted octanol–water partition coefficient (Wildman–Crippen LogP) is -0.234. The number of hydrogen-bond acceptors (Lipinski definition) is 2. The quantitative estimate of drug-likeness (QED) is 0.515. The van der Waals surface area contributed by atoms with Crippen LogP contribution in [0.15, 0.2) is 21.9 Å². The average molecular weight is 178 g/mol. The van der Waals surface area contributed by atoms with E-state index in [4.69, 9.17) is 0 Å². The third-order valence-electron chi connectivity index (χ3n) is 1.57. The summed E-state index contributed by atoms with van der Waals surface area (Å²) in [6, 6.07) is 3.94. The minimum absolute atomic E-state index is 0.320. The van der Waals surface area contributed by atoms with E-state index in [0.717, 1.165) is 4.57 Å². The third-order valence-corrected chi connectivity index (χ3v) is 1.57. The summed E-state index contributed by atoms with van der Waals surface area (Å²) < 4.78 is 2.22. The minimum atomic E-state index is -0.409. The van der Waals surface area contributed by atoms with Crippen molar-refractivity contribution < 1.29 is 0 Å². The van der Waals surface area contributed by atoms with Crippen molar-refractivity contribution in [3.63, 3.8) is 0 Å². The maximum atomic E-state index is 11.3. The first-order valence-electron chi connectivity index (χ1n) is 3.94. The lowest BCUT2D eigenvalue weighted by Crippen LogP contribution is -2.35. The highest BCUT2D eigenvalue weighted by Gasteiger charge is 1.96. The van der Waals surface area contributed by atoms with Gasteiger partial charge in [0.05, 0.1) is 0 Å². The number of nitrogens with zero attached hydrogens (tertiary/aromatic N) is 2. The first-order chi connectivity index (χ1) is 6.16. The zero-order chi connectivity index (χ0) is 9.84. The molecule has 0 N–H and O–H groups in total. The van der Waals surface area contributed by atoms with E-state index in [-0.39, 0.29) is 5.56 Å². The average Bonchev–Trinajstić information content (AvgIpc) is 2.13. The van der Waals surface area contributed by atoms with Gasteiger partial charge in [-0.1, -0.05) is 12.8 Å². The van der Waals surface area contributed by atoms with E-state index in [1.165, 1.54) is 23.9 Å². The predicted molar refractivity (Wildman–Crippen MR) is 49.4 cm³/mol. The zero-order valence-electron chi connectivity index (χ0n) is 7.57. The summed E-state index contributed by atoms with van der Waals surface area (Å²) in [5.74, 6) is 2.75. The summed E-state index contributed by atoms with van der Waals surface area (Å²) in [7, 11) is 1.43. The van der Waals surface area contributed by atoms with Crippen molar-refractivity contribution in [2.45, 2.75) is 13.3 Å². The molecule has 0 aliphatic heterocycles. The van der Waals surface area contributed by atoms with Gasteiger partial charge < -0.3 is 0 Å². The summed E-state index contributed by atoms with van der Waals surface area (Å²) in [5.41, 5.74) is -0.729. The van der Waals surface area contributed by atoms with Crippen LogP contribution in [0.4, 0.5) is 0 Å². The smallest absolute Gasteiger partial charge is 0.269 e. The third kappa shape index (κ3) is 1.88. The molecule has 0 atom stereocenters. The van der Waals surface area contributed by atoms with Crippen LogP contribution in [0.25, 0.3) is 0 Å². The molecule has 13 heavy (non-hydrogen) atoms. The molecule has 0 saturated carbocycles.